The first-order valence-electron chi connectivity index (χ1n) is 7.94. The molecule has 7 heteroatoms. The first-order valence-corrected chi connectivity index (χ1v) is 7.94. The summed E-state index contributed by atoms with van der Waals surface area (Å²) in [5, 5.41) is 16.0. The molecule has 0 amide bonds. The van der Waals surface area contributed by atoms with Crippen molar-refractivity contribution in [2.45, 2.75) is 6.42 Å². The molecular formula is C19H14N4O3. The number of carboxylic acid groups (broad SMARTS) is 1. The molecular weight excluding hydrogens is 332 g/mol. The van der Waals surface area contributed by atoms with Gasteiger partial charge in [-0.05, 0) is 29.8 Å². The van der Waals surface area contributed by atoms with E-state index >= 15 is 0 Å². The smallest absolute Gasteiger partial charge is 0.341 e. The van der Waals surface area contributed by atoms with Gasteiger partial charge < -0.3 is 5.11 Å². The van der Waals surface area contributed by atoms with Gasteiger partial charge in [-0.15, -0.1) is 0 Å². The highest BCUT2D eigenvalue weighted by Gasteiger charge is 2.15. The molecule has 0 saturated carbocycles. The van der Waals surface area contributed by atoms with Crippen LogP contribution >= 0.6 is 0 Å². The third-order valence-electron chi connectivity index (χ3n) is 4.21. The van der Waals surface area contributed by atoms with Gasteiger partial charge in [0.15, 0.2) is 0 Å². The lowest BCUT2D eigenvalue weighted by Gasteiger charge is -2.09. The summed E-state index contributed by atoms with van der Waals surface area (Å²) < 4.78 is 1.36. The Morgan fingerprint density at radius 1 is 1.15 bits per heavy atom. The van der Waals surface area contributed by atoms with Crippen molar-refractivity contribution in [3.63, 3.8) is 0 Å². The molecule has 0 saturated heterocycles. The van der Waals surface area contributed by atoms with Crippen LogP contribution in [0.5, 0.6) is 0 Å². The summed E-state index contributed by atoms with van der Waals surface area (Å²) in [5.74, 6) is -1.24. The van der Waals surface area contributed by atoms with Gasteiger partial charge in [-0.25, -0.2) is 4.79 Å². The Balaban J connectivity index is 1.76. The summed E-state index contributed by atoms with van der Waals surface area (Å²) in [6, 6.07) is 10.6. The molecule has 26 heavy (non-hydrogen) atoms. The van der Waals surface area contributed by atoms with Gasteiger partial charge in [0, 0.05) is 41.8 Å². The van der Waals surface area contributed by atoms with Crippen molar-refractivity contribution in [3.8, 4) is 11.1 Å². The molecule has 0 aliphatic carbocycles. The van der Waals surface area contributed by atoms with Crippen LogP contribution in [0.2, 0.25) is 0 Å². The second-order valence-corrected chi connectivity index (χ2v) is 5.85. The third kappa shape index (κ3) is 2.75. The number of aromatic amines is 1. The monoisotopic (exact) mass is 346 g/mol. The zero-order valence-corrected chi connectivity index (χ0v) is 13.6. The Kier molecular flexibility index (Phi) is 3.81. The van der Waals surface area contributed by atoms with E-state index in [0.29, 0.717) is 11.9 Å². The van der Waals surface area contributed by atoms with Crippen molar-refractivity contribution in [1.82, 2.24) is 19.6 Å². The predicted octanol–water partition coefficient (Wildman–Crippen LogP) is 2.37. The summed E-state index contributed by atoms with van der Waals surface area (Å²) in [6.45, 7) is 0. The van der Waals surface area contributed by atoms with E-state index in [4.69, 9.17) is 0 Å². The molecule has 4 aromatic heterocycles. The van der Waals surface area contributed by atoms with Gasteiger partial charge >= 0.3 is 5.97 Å². The maximum absolute atomic E-state index is 12.3. The van der Waals surface area contributed by atoms with Gasteiger partial charge in [0.1, 0.15) is 5.56 Å². The SMILES string of the molecule is O=C(O)c1cc(Cc2ccc(-c3cn[nH]c3)cn2)c2ccccn2c1=O. The molecule has 128 valence electrons. The zero-order valence-electron chi connectivity index (χ0n) is 13.6. The molecule has 0 aromatic carbocycles. The van der Waals surface area contributed by atoms with Crippen molar-refractivity contribution < 1.29 is 9.90 Å². The molecule has 4 aromatic rings. The number of aromatic carboxylic acids is 1. The second kappa shape index (κ2) is 6.29. The van der Waals surface area contributed by atoms with Gasteiger partial charge in [-0.2, -0.15) is 5.10 Å². The van der Waals surface area contributed by atoms with E-state index in [2.05, 4.69) is 15.2 Å². The lowest BCUT2D eigenvalue weighted by molar-refractivity contribution is 0.0694. The Labute approximate surface area is 147 Å². The van der Waals surface area contributed by atoms with Crippen LogP contribution in [0.1, 0.15) is 21.6 Å². The van der Waals surface area contributed by atoms with E-state index in [1.165, 1.54) is 10.5 Å². The van der Waals surface area contributed by atoms with Gasteiger partial charge in [-0.3, -0.25) is 19.3 Å². The highest BCUT2D eigenvalue weighted by atomic mass is 16.4. The lowest BCUT2D eigenvalue weighted by atomic mass is 10.0. The Morgan fingerprint density at radius 3 is 2.73 bits per heavy atom. The number of fused-ring (bicyclic) bond motifs is 1. The summed E-state index contributed by atoms with van der Waals surface area (Å²) in [7, 11) is 0. The Bertz CT molecular complexity index is 1150. The first-order chi connectivity index (χ1) is 12.6. The number of aromatic nitrogens is 4. The number of carboxylic acids is 1. The molecule has 4 heterocycles. The summed E-state index contributed by atoms with van der Waals surface area (Å²) in [6.07, 6.45) is 7.23. The summed E-state index contributed by atoms with van der Waals surface area (Å²) >= 11 is 0. The van der Waals surface area contributed by atoms with Crippen molar-refractivity contribution in [1.29, 1.82) is 0 Å². The van der Waals surface area contributed by atoms with Crippen LogP contribution in [0.25, 0.3) is 16.6 Å². The topological polar surface area (TPSA) is 100 Å². The predicted molar refractivity (Wildman–Crippen MR) is 95.3 cm³/mol. The number of hydrogen-bond acceptors (Lipinski definition) is 4. The van der Waals surface area contributed by atoms with Crippen LogP contribution < -0.4 is 5.56 Å². The molecule has 0 bridgehead atoms. The van der Waals surface area contributed by atoms with E-state index in [1.807, 2.05) is 18.2 Å². The Morgan fingerprint density at radius 2 is 2.04 bits per heavy atom. The molecule has 2 N–H and O–H groups in total. The fourth-order valence-electron chi connectivity index (χ4n) is 2.92. The van der Waals surface area contributed by atoms with Crippen LogP contribution in [0.4, 0.5) is 0 Å². The lowest BCUT2D eigenvalue weighted by Crippen LogP contribution is -2.23. The van der Waals surface area contributed by atoms with E-state index in [9.17, 15) is 14.7 Å². The summed E-state index contributed by atoms with van der Waals surface area (Å²) in [5.41, 5.74) is 3.25. The summed E-state index contributed by atoms with van der Waals surface area (Å²) in [4.78, 5) is 28.2. The number of nitrogens with zero attached hydrogens (tertiary/aromatic N) is 3. The number of hydrogen-bond donors (Lipinski definition) is 2. The maximum Gasteiger partial charge on any atom is 0.341 e. The van der Waals surface area contributed by atoms with E-state index < -0.39 is 11.5 Å². The first kappa shape index (κ1) is 15.8. The molecule has 0 unspecified atom stereocenters. The highest BCUT2D eigenvalue weighted by molar-refractivity contribution is 5.88. The van der Waals surface area contributed by atoms with E-state index in [-0.39, 0.29) is 5.56 Å². The van der Waals surface area contributed by atoms with Gasteiger partial charge in [-0.1, -0.05) is 12.1 Å². The third-order valence-corrected chi connectivity index (χ3v) is 4.21. The average Bonchev–Trinajstić information content (AvgIpc) is 3.19. The minimum atomic E-state index is -1.24. The number of rotatable bonds is 4. The molecule has 4 rings (SSSR count). The van der Waals surface area contributed by atoms with Crippen LogP contribution in [0.15, 0.2) is 66.0 Å². The van der Waals surface area contributed by atoms with E-state index in [0.717, 1.165) is 22.4 Å². The minimum Gasteiger partial charge on any atom is -0.477 e. The average molecular weight is 346 g/mol. The zero-order chi connectivity index (χ0) is 18.1. The fourth-order valence-corrected chi connectivity index (χ4v) is 2.92. The van der Waals surface area contributed by atoms with E-state index in [1.54, 1.807) is 36.9 Å². The Hall–Kier alpha value is -3.74. The molecule has 7 nitrogen and oxygen atoms in total. The van der Waals surface area contributed by atoms with Crippen molar-refractivity contribution in [2.75, 3.05) is 0 Å². The largest absolute Gasteiger partial charge is 0.477 e. The number of pyridine rings is 3. The van der Waals surface area contributed by atoms with Gasteiger partial charge in [0.25, 0.3) is 5.56 Å². The molecule has 0 atom stereocenters. The van der Waals surface area contributed by atoms with Crippen LogP contribution in [-0.2, 0) is 6.42 Å². The minimum absolute atomic E-state index is 0.251. The molecule has 0 aliphatic rings. The second-order valence-electron chi connectivity index (χ2n) is 5.85. The standard InChI is InChI=1S/C19H14N4O3/c24-18-16(19(25)26)8-13(17-3-1-2-6-23(17)18)7-15-5-4-12(9-20-15)14-10-21-22-11-14/h1-6,8-11H,7H2,(H,21,22)(H,25,26). The maximum atomic E-state index is 12.3. The van der Waals surface area contributed by atoms with Gasteiger partial charge in [0.2, 0.25) is 0 Å². The molecule has 0 aliphatic heterocycles. The normalized spacial score (nSPS) is 10.9. The molecule has 0 radical (unpaired) electrons. The number of nitrogens with one attached hydrogen (secondary N) is 1. The van der Waals surface area contributed by atoms with Crippen molar-refractivity contribution in [3.05, 3.63) is 88.4 Å². The van der Waals surface area contributed by atoms with Crippen molar-refractivity contribution >= 4 is 11.5 Å². The van der Waals surface area contributed by atoms with Crippen LogP contribution in [0, 0.1) is 0 Å². The van der Waals surface area contributed by atoms with Crippen LogP contribution in [0.3, 0.4) is 0 Å². The molecule has 0 spiro atoms. The van der Waals surface area contributed by atoms with Gasteiger partial charge in [0.05, 0.1) is 11.7 Å². The van der Waals surface area contributed by atoms with Crippen molar-refractivity contribution in [2.24, 2.45) is 0 Å². The fraction of sp³-hybridized carbons (Fsp3) is 0.0526. The number of carbonyl (C=O) groups is 1. The number of H-pyrrole nitrogens is 1. The van der Waals surface area contributed by atoms with Crippen LogP contribution in [-0.4, -0.2) is 30.7 Å². The quantitative estimate of drug-likeness (QED) is 0.591. The molecule has 0 fully saturated rings. The highest BCUT2D eigenvalue weighted by Crippen LogP contribution is 2.19.